The van der Waals surface area contributed by atoms with Crippen LogP contribution in [0.1, 0.15) is 64.5 Å². The number of amides is 1. The number of halogens is 2. The van der Waals surface area contributed by atoms with Crippen molar-refractivity contribution < 1.29 is 23.8 Å². The van der Waals surface area contributed by atoms with Crippen LogP contribution in [0.2, 0.25) is 5.02 Å². The summed E-state index contributed by atoms with van der Waals surface area (Å²) in [5.41, 5.74) is 0.384. The van der Waals surface area contributed by atoms with Crippen LogP contribution in [0.15, 0.2) is 47.5 Å². The highest BCUT2D eigenvalue weighted by molar-refractivity contribution is 6.31. The number of hydrogen-bond donors (Lipinski definition) is 0. The Morgan fingerprint density at radius 2 is 1.90 bits per heavy atom. The molecule has 0 spiro atoms. The van der Waals surface area contributed by atoms with E-state index < -0.39 is 29.7 Å². The molecule has 1 amide bonds. The van der Waals surface area contributed by atoms with Crippen LogP contribution in [0, 0.1) is 5.41 Å². The molecular weight excluding hydrogens is 551 g/mol. The second-order valence-corrected chi connectivity index (χ2v) is 11.9. The molecule has 0 radical (unpaired) electrons. The lowest BCUT2D eigenvalue weighted by Gasteiger charge is -2.53. The largest absolute Gasteiger partial charge is 0.464 e. The Morgan fingerprint density at radius 1 is 1.18 bits per heavy atom. The summed E-state index contributed by atoms with van der Waals surface area (Å²) in [6.45, 7) is 10.3. The van der Waals surface area contributed by atoms with Gasteiger partial charge in [-0.2, -0.15) is 0 Å². The minimum Gasteiger partial charge on any atom is -0.464 e. The van der Waals surface area contributed by atoms with Gasteiger partial charge in [0.2, 0.25) is 0 Å². The third kappa shape index (κ3) is 7.29. The Hall–Kier alpha value is -1.90. The summed E-state index contributed by atoms with van der Waals surface area (Å²) < 4.78 is 17.8. The number of rotatable bonds is 11. The minimum atomic E-state index is -0.713. The maximum atomic E-state index is 14.4. The van der Waals surface area contributed by atoms with Gasteiger partial charge < -0.3 is 19.1 Å². The van der Waals surface area contributed by atoms with E-state index in [9.17, 15) is 9.59 Å². The van der Waals surface area contributed by atoms with Crippen LogP contribution in [0.5, 0.6) is 0 Å². The molecule has 1 aliphatic carbocycles. The van der Waals surface area contributed by atoms with Crippen LogP contribution in [-0.4, -0.2) is 79.3 Å². The summed E-state index contributed by atoms with van der Waals surface area (Å²) >= 11 is 12.6. The van der Waals surface area contributed by atoms with Crippen LogP contribution in [-0.2, 0) is 23.8 Å². The summed E-state index contributed by atoms with van der Waals surface area (Å²) in [4.78, 5) is 32.0. The number of allylic oxidation sites excluding steroid dienone is 3. The molecule has 4 rings (SSSR count). The Labute approximate surface area is 248 Å². The maximum Gasteiger partial charge on any atom is 0.328 e. The number of benzene rings is 1. The Bertz CT molecular complexity index is 1070. The molecule has 0 aromatic heterocycles. The molecule has 0 bridgehead atoms. The molecule has 40 heavy (non-hydrogen) atoms. The van der Waals surface area contributed by atoms with E-state index >= 15 is 0 Å². The first-order chi connectivity index (χ1) is 19.3. The zero-order valence-electron chi connectivity index (χ0n) is 23.8. The number of esters is 1. The van der Waals surface area contributed by atoms with Gasteiger partial charge in [-0.05, 0) is 62.9 Å². The van der Waals surface area contributed by atoms with E-state index in [4.69, 9.17) is 37.4 Å². The minimum absolute atomic E-state index is 0.154. The fourth-order valence-corrected chi connectivity index (χ4v) is 6.29. The second-order valence-electron chi connectivity index (χ2n) is 11.1. The third-order valence-electron chi connectivity index (χ3n) is 8.16. The first kappa shape index (κ1) is 31.0. The molecule has 2 heterocycles. The Morgan fingerprint density at radius 3 is 2.52 bits per heavy atom. The predicted octanol–water partition coefficient (Wildman–Crippen LogP) is 5.91. The fourth-order valence-electron chi connectivity index (χ4n) is 6.02. The highest BCUT2D eigenvalue weighted by atomic mass is 35.5. The van der Waals surface area contributed by atoms with Gasteiger partial charge in [-0.25, -0.2) is 4.79 Å². The van der Waals surface area contributed by atoms with Crippen LogP contribution >= 0.6 is 23.2 Å². The molecule has 1 aromatic carbocycles. The first-order valence-electron chi connectivity index (χ1n) is 14.5. The second kappa shape index (κ2) is 14.3. The van der Waals surface area contributed by atoms with E-state index in [0.717, 1.165) is 51.3 Å². The van der Waals surface area contributed by atoms with E-state index in [2.05, 4.69) is 17.9 Å². The molecule has 2 fully saturated rings. The van der Waals surface area contributed by atoms with Gasteiger partial charge in [-0.1, -0.05) is 67.8 Å². The molecule has 1 unspecified atom stereocenters. The molecule has 3 aliphatic rings. The molecule has 7 nitrogen and oxygen atoms in total. The van der Waals surface area contributed by atoms with Crippen molar-refractivity contribution >= 4 is 35.1 Å². The van der Waals surface area contributed by atoms with Crippen molar-refractivity contribution in [2.45, 2.75) is 77.2 Å². The van der Waals surface area contributed by atoms with Crippen LogP contribution in [0.3, 0.4) is 0 Å². The van der Waals surface area contributed by atoms with Gasteiger partial charge in [0.1, 0.15) is 18.2 Å². The molecule has 5 atom stereocenters. The lowest BCUT2D eigenvalue weighted by molar-refractivity contribution is -0.194. The van der Waals surface area contributed by atoms with E-state index in [0.29, 0.717) is 29.3 Å². The summed E-state index contributed by atoms with van der Waals surface area (Å²) in [6.07, 6.45) is 7.94. The van der Waals surface area contributed by atoms with Crippen molar-refractivity contribution in [1.82, 2.24) is 9.80 Å². The number of morpholine rings is 2. The lowest BCUT2D eigenvalue weighted by atomic mass is 9.71. The molecule has 9 heteroatoms. The first-order valence-corrected chi connectivity index (χ1v) is 15.3. The quantitative estimate of drug-likeness (QED) is 0.297. The molecule has 220 valence electrons. The normalized spacial score (nSPS) is 28.3. The van der Waals surface area contributed by atoms with Gasteiger partial charge >= 0.3 is 5.97 Å². The van der Waals surface area contributed by atoms with Crippen molar-refractivity contribution in [2.75, 3.05) is 39.5 Å². The van der Waals surface area contributed by atoms with Gasteiger partial charge in [-0.3, -0.25) is 9.69 Å². The van der Waals surface area contributed by atoms with Gasteiger partial charge in [0, 0.05) is 28.6 Å². The molecule has 1 aromatic rings. The van der Waals surface area contributed by atoms with Crippen molar-refractivity contribution in [1.29, 1.82) is 0 Å². The van der Waals surface area contributed by atoms with Crippen LogP contribution < -0.4 is 0 Å². The van der Waals surface area contributed by atoms with Gasteiger partial charge in [-0.15, -0.1) is 0 Å². The van der Waals surface area contributed by atoms with E-state index in [1.165, 1.54) is 0 Å². The van der Waals surface area contributed by atoms with E-state index in [-0.39, 0.29) is 18.5 Å². The van der Waals surface area contributed by atoms with Gasteiger partial charge in [0.05, 0.1) is 25.9 Å². The highest BCUT2D eigenvalue weighted by Gasteiger charge is 2.53. The van der Waals surface area contributed by atoms with Gasteiger partial charge in [0.15, 0.2) is 0 Å². The van der Waals surface area contributed by atoms with Crippen molar-refractivity contribution in [3.8, 4) is 0 Å². The standard InChI is InChI=1S/C31H42Cl2N2O5/c1-4-7-25(30(37)39-5-2)35-28(31(3)15-13-24(33)14-16-31)27(22-9-11-23(32)12-10-22)40-26(29(35)36)8-6-17-34-18-20-38-21-19-34/h9-15,25-28H,4-8,16-21H2,1-3H3/t25-,26+,27+,28+,31?/m1/s1. The smallest absolute Gasteiger partial charge is 0.328 e. The number of nitrogens with zero attached hydrogens (tertiary/aromatic N) is 2. The zero-order chi connectivity index (χ0) is 28.7. The number of carbonyl (C=O) groups is 2. The van der Waals surface area contributed by atoms with Crippen molar-refractivity contribution in [2.24, 2.45) is 5.41 Å². The maximum absolute atomic E-state index is 14.4. The average Bonchev–Trinajstić information content (AvgIpc) is 2.95. The summed E-state index contributed by atoms with van der Waals surface area (Å²) in [5, 5.41) is 1.28. The SMILES string of the molecule is CCC[C@H](C(=O)OCC)N1C(=O)[C@H](CCCN2CCOCC2)O[C@@H](c2ccc(Cl)cc2)[C@H]1C1(C)C=CC(Cl)=CC1. The fraction of sp³-hybridized carbons (Fsp3) is 0.613. The molecular formula is C31H42Cl2N2O5. The summed E-state index contributed by atoms with van der Waals surface area (Å²) in [6, 6.07) is 6.42. The Balaban J connectivity index is 1.73. The highest BCUT2D eigenvalue weighted by Crippen LogP contribution is 2.48. The van der Waals surface area contributed by atoms with Crippen molar-refractivity contribution in [3.05, 3.63) is 58.1 Å². The number of carbonyl (C=O) groups excluding carboxylic acids is 2. The number of hydrogen-bond acceptors (Lipinski definition) is 6. The van der Waals surface area contributed by atoms with E-state index in [1.807, 2.05) is 43.3 Å². The third-order valence-corrected chi connectivity index (χ3v) is 8.69. The molecule has 2 aliphatic heterocycles. The molecule has 0 N–H and O–H groups in total. The van der Waals surface area contributed by atoms with Crippen molar-refractivity contribution in [3.63, 3.8) is 0 Å². The Kier molecular flexibility index (Phi) is 11.1. The topological polar surface area (TPSA) is 68.3 Å². The predicted molar refractivity (Wildman–Crippen MR) is 157 cm³/mol. The number of ether oxygens (including phenoxy) is 3. The average molecular weight is 594 g/mol. The van der Waals surface area contributed by atoms with Crippen LogP contribution in [0.4, 0.5) is 0 Å². The summed E-state index contributed by atoms with van der Waals surface area (Å²) in [7, 11) is 0. The van der Waals surface area contributed by atoms with E-state index in [1.54, 1.807) is 11.8 Å². The monoisotopic (exact) mass is 592 g/mol. The molecule has 2 saturated heterocycles. The lowest BCUT2D eigenvalue weighted by Crippen LogP contribution is -2.65. The zero-order valence-corrected chi connectivity index (χ0v) is 25.3. The molecule has 0 saturated carbocycles. The summed E-state index contributed by atoms with van der Waals surface area (Å²) in [5.74, 6) is -0.526. The van der Waals surface area contributed by atoms with Gasteiger partial charge in [0.25, 0.3) is 5.91 Å². The van der Waals surface area contributed by atoms with Crippen LogP contribution in [0.25, 0.3) is 0 Å².